The Kier molecular flexibility index (Phi) is 5.72. The molecule has 0 radical (unpaired) electrons. The third-order valence-electron chi connectivity index (χ3n) is 7.40. The Morgan fingerprint density at radius 2 is 1.86 bits per heavy atom. The lowest BCUT2D eigenvalue weighted by Crippen LogP contribution is -2.55. The Balaban J connectivity index is 1.38. The second kappa shape index (κ2) is 8.38. The van der Waals surface area contributed by atoms with Crippen molar-refractivity contribution in [3.8, 4) is 0 Å². The number of rotatable bonds is 2. The summed E-state index contributed by atoms with van der Waals surface area (Å²) in [5.41, 5.74) is 2.60. The van der Waals surface area contributed by atoms with Crippen LogP contribution in [0.4, 0.5) is 10.6 Å². The summed E-state index contributed by atoms with van der Waals surface area (Å²) in [7, 11) is 0. The predicted octanol–water partition coefficient (Wildman–Crippen LogP) is 3.32. The van der Waals surface area contributed by atoms with E-state index < -0.39 is 5.60 Å². The van der Waals surface area contributed by atoms with E-state index in [4.69, 9.17) is 9.72 Å². The molecule has 2 aromatic rings. The minimum atomic E-state index is -0.534. The molecule has 1 unspecified atom stereocenters. The van der Waals surface area contributed by atoms with Crippen LogP contribution in [-0.4, -0.2) is 81.3 Å². The number of aromatic nitrogens is 3. The van der Waals surface area contributed by atoms with E-state index >= 15 is 0 Å². The number of ether oxygens (including phenoxy) is 1. The molecule has 0 aliphatic carbocycles. The lowest BCUT2D eigenvalue weighted by atomic mass is 9.93. The number of amides is 2. The molecule has 0 N–H and O–H groups in total. The minimum Gasteiger partial charge on any atom is -0.444 e. The topological polar surface area (TPSA) is 83.3 Å². The van der Waals surface area contributed by atoms with Crippen molar-refractivity contribution in [2.75, 3.05) is 44.2 Å². The number of likely N-dealkylation sites (tertiary alicyclic amines) is 1. The molecule has 1 atom stereocenters. The summed E-state index contributed by atoms with van der Waals surface area (Å²) in [6, 6.07) is 1.92. The summed E-state index contributed by atoms with van der Waals surface area (Å²) in [5, 5.41) is 4.57. The number of nitrogens with zero attached hydrogens (tertiary/aromatic N) is 6. The molecule has 0 saturated carbocycles. The summed E-state index contributed by atoms with van der Waals surface area (Å²) in [6.07, 6.45) is 3.23. The Morgan fingerprint density at radius 1 is 1.11 bits per heavy atom. The molecular formula is C26H38N6O3. The zero-order chi connectivity index (χ0) is 25.1. The zero-order valence-electron chi connectivity index (χ0n) is 21.9. The fraction of sp³-hybridized carbons (Fsp3) is 0.692. The van der Waals surface area contributed by atoms with Gasteiger partial charge in [-0.2, -0.15) is 9.61 Å². The molecule has 9 heteroatoms. The van der Waals surface area contributed by atoms with E-state index in [-0.39, 0.29) is 29.3 Å². The van der Waals surface area contributed by atoms with Crippen LogP contribution in [0, 0.1) is 11.3 Å². The van der Waals surface area contributed by atoms with Gasteiger partial charge in [-0.15, -0.1) is 0 Å². The maximum absolute atomic E-state index is 13.1. The van der Waals surface area contributed by atoms with Crippen molar-refractivity contribution in [2.24, 2.45) is 11.3 Å². The van der Waals surface area contributed by atoms with Crippen molar-refractivity contribution < 1.29 is 14.3 Å². The van der Waals surface area contributed by atoms with Gasteiger partial charge in [-0.3, -0.25) is 4.79 Å². The molecular weight excluding hydrogens is 444 g/mol. The first kappa shape index (κ1) is 23.9. The van der Waals surface area contributed by atoms with Crippen LogP contribution < -0.4 is 4.90 Å². The number of carbonyl (C=O) groups excluding carboxylic acids is 2. The van der Waals surface area contributed by atoms with Gasteiger partial charge in [0.1, 0.15) is 11.4 Å². The fourth-order valence-corrected chi connectivity index (χ4v) is 5.56. The van der Waals surface area contributed by atoms with Crippen LogP contribution in [0.3, 0.4) is 0 Å². The first-order valence-electron chi connectivity index (χ1n) is 12.8. The average molecular weight is 483 g/mol. The van der Waals surface area contributed by atoms with E-state index in [2.05, 4.69) is 30.8 Å². The summed E-state index contributed by atoms with van der Waals surface area (Å²) in [6.45, 7) is 16.4. The molecule has 190 valence electrons. The molecule has 2 aromatic heterocycles. The summed E-state index contributed by atoms with van der Waals surface area (Å²) >= 11 is 0. The second-order valence-corrected chi connectivity index (χ2v) is 12.3. The van der Waals surface area contributed by atoms with Crippen LogP contribution in [0.5, 0.6) is 0 Å². The van der Waals surface area contributed by atoms with E-state index in [0.717, 1.165) is 42.2 Å². The highest BCUT2D eigenvalue weighted by molar-refractivity contribution is 5.82. The summed E-state index contributed by atoms with van der Waals surface area (Å²) in [5.74, 6) is 1.36. The number of hydrogen-bond acceptors (Lipinski definition) is 6. The molecule has 5 rings (SSSR count). The second-order valence-electron chi connectivity index (χ2n) is 12.3. The van der Waals surface area contributed by atoms with Crippen molar-refractivity contribution in [2.45, 2.75) is 65.9 Å². The minimum absolute atomic E-state index is 0.0137. The van der Waals surface area contributed by atoms with Gasteiger partial charge in [-0.05, 0) is 39.0 Å². The van der Waals surface area contributed by atoms with Gasteiger partial charge in [-0.1, -0.05) is 20.8 Å². The average Bonchev–Trinajstić information content (AvgIpc) is 3.29. The lowest BCUT2D eigenvalue weighted by molar-refractivity contribution is -0.135. The fourth-order valence-electron chi connectivity index (χ4n) is 5.56. The summed E-state index contributed by atoms with van der Waals surface area (Å²) in [4.78, 5) is 37.0. The third-order valence-corrected chi connectivity index (χ3v) is 7.40. The van der Waals surface area contributed by atoms with E-state index in [1.165, 1.54) is 0 Å². The largest absolute Gasteiger partial charge is 0.444 e. The van der Waals surface area contributed by atoms with Crippen LogP contribution in [0.2, 0.25) is 0 Å². The van der Waals surface area contributed by atoms with Crippen LogP contribution in [-0.2, 0) is 16.0 Å². The molecule has 3 aliphatic rings. The molecule has 5 heterocycles. The highest BCUT2D eigenvalue weighted by atomic mass is 16.6. The highest BCUT2D eigenvalue weighted by Gasteiger charge is 2.42. The molecule has 2 saturated heterocycles. The first-order valence-corrected chi connectivity index (χ1v) is 12.8. The lowest BCUT2D eigenvalue weighted by Gasteiger charge is -2.42. The van der Waals surface area contributed by atoms with Crippen molar-refractivity contribution in [1.29, 1.82) is 0 Å². The molecule has 9 nitrogen and oxygen atoms in total. The molecule has 2 amide bonds. The van der Waals surface area contributed by atoms with Crippen LogP contribution in [0.1, 0.15) is 65.1 Å². The SMILES string of the molecule is CC1CN(C(=O)OC(C)(C)C)CCc2c1nc1ccnn1c2N1CC(C(=O)N2CCC(C)(C)C2)C1. The number of carbonyl (C=O) groups is 2. The molecule has 2 fully saturated rings. The van der Waals surface area contributed by atoms with Gasteiger partial charge in [-0.25, -0.2) is 9.78 Å². The van der Waals surface area contributed by atoms with E-state index in [0.29, 0.717) is 32.6 Å². The smallest absolute Gasteiger partial charge is 0.410 e. The van der Waals surface area contributed by atoms with Crippen molar-refractivity contribution in [3.63, 3.8) is 0 Å². The van der Waals surface area contributed by atoms with Gasteiger partial charge in [0.2, 0.25) is 5.91 Å². The predicted molar refractivity (Wildman–Crippen MR) is 134 cm³/mol. The van der Waals surface area contributed by atoms with Gasteiger partial charge in [0.25, 0.3) is 0 Å². The standard InChI is InChI=1S/C26H38N6O3/c1-17-13-29(24(34)35-25(2,3)4)11-8-19-21(17)28-20-7-10-27-32(20)22(19)31-14-18(15-31)23(33)30-12-9-26(5,6)16-30/h7,10,17-18H,8-9,11-16H2,1-6H3. The maximum Gasteiger partial charge on any atom is 0.410 e. The Labute approximate surface area is 207 Å². The van der Waals surface area contributed by atoms with Crippen LogP contribution in [0.25, 0.3) is 5.65 Å². The monoisotopic (exact) mass is 482 g/mol. The Morgan fingerprint density at radius 3 is 2.51 bits per heavy atom. The van der Waals surface area contributed by atoms with Gasteiger partial charge in [0, 0.05) is 56.8 Å². The molecule has 0 spiro atoms. The maximum atomic E-state index is 13.1. The number of fused-ring (bicyclic) bond motifs is 2. The molecule has 35 heavy (non-hydrogen) atoms. The highest BCUT2D eigenvalue weighted by Crippen LogP contribution is 2.37. The van der Waals surface area contributed by atoms with Crippen molar-refractivity contribution >= 4 is 23.5 Å². The van der Waals surface area contributed by atoms with Gasteiger partial charge < -0.3 is 19.4 Å². The van der Waals surface area contributed by atoms with Gasteiger partial charge in [0.05, 0.1) is 17.8 Å². The Bertz CT molecular complexity index is 1140. The van der Waals surface area contributed by atoms with Crippen LogP contribution in [0.15, 0.2) is 12.3 Å². The van der Waals surface area contributed by atoms with Crippen molar-refractivity contribution in [1.82, 2.24) is 24.4 Å². The van der Waals surface area contributed by atoms with E-state index in [1.54, 1.807) is 11.1 Å². The number of hydrogen-bond donors (Lipinski definition) is 0. The first-order chi connectivity index (χ1) is 16.4. The van der Waals surface area contributed by atoms with E-state index in [1.807, 2.05) is 36.3 Å². The van der Waals surface area contributed by atoms with Gasteiger partial charge in [0.15, 0.2) is 5.65 Å². The number of anilines is 1. The quantitative estimate of drug-likeness (QED) is 0.653. The van der Waals surface area contributed by atoms with Crippen molar-refractivity contribution in [3.05, 3.63) is 23.5 Å². The molecule has 3 aliphatic heterocycles. The zero-order valence-corrected chi connectivity index (χ0v) is 21.9. The molecule has 0 bridgehead atoms. The van der Waals surface area contributed by atoms with Crippen LogP contribution >= 0.6 is 0 Å². The van der Waals surface area contributed by atoms with Gasteiger partial charge >= 0.3 is 6.09 Å². The third kappa shape index (κ3) is 4.57. The Hall–Kier alpha value is -2.84. The molecule has 0 aromatic carbocycles. The summed E-state index contributed by atoms with van der Waals surface area (Å²) < 4.78 is 7.55. The van der Waals surface area contributed by atoms with E-state index in [9.17, 15) is 9.59 Å². The normalized spacial score (nSPS) is 22.7.